The van der Waals surface area contributed by atoms with Crippen molar-refractivity contribution < 1.29 is 22.7 Å². The van der Waals surface area contributed by atoms with Crippen molar-refractivity contribution in [3.05, 3.63) is 30.0 Å². The molecule has 0 saturated heterocycles. The molecule has 0 aliphatic heterocycles. The van der Waals surface area contributed by atoms with E-state index in [9.17, 15) is 18.0 Å². The van der Waals surface area contributed by atoms with Gasteiger partial charge in [0, 0.05) is 24.9 Å². The van der Waals surface area contributed by atoms with Crippen LogP contribution in [0.25, 0.3) is 6.08 Å². The Bertz CT molecular complexity index is 458. The first-order chi connectivity index (χ1) is 9.37. The van der Waals surface area contributed by atoms with E-state index in [-0.39, 0.29) is 11.0 Å². The van der Waals surface area contributed by atoms with Gasteiger partial charge in [-0.15, -0.1) is 0 Å². The number of pyridine rings is 1. The second kappa shape index (κ2) is 7.94. The van der Waals surface area contributed by atoms with Gasteiger partial charge in [-0.25, -0.2) is 4.98 Å². The smallest absolute Gasteiger partial charge is 0.422 e. The number of allylic oxidation sites excluding steroid dienone is 1. The first-order valence-electron chi connectivity index (χ1n) is 5.82. The fourth-order valence-electron chi connectivity index (χ4n) is 1.22. The Balaban J connectivity index is 2.38. The summed E-state index contributed by atoms with van der Waals surface area (Å²) in [6.07, 6.45) is 1.47. The zero-order chi connectivity index (χ0) is 15.0. The van der Waals surface area contributed by atoms with Crippen molar-refractivity contribution in [2.45, 2.75) is 19.5 Å². The standard InChI is InChI=1S/C13H14F3NO2S/c1-10(18)20-7-3-2-4-11-5-6-12(17-8-11)19-9-13(14,15)16/h2,4-6,8H,3,7,9H2,1H3. The summed E-state index contributed by atoms with van der Waals surface area (Å²) in [6, 6.07) is 3.00. The fourth-order valence-corrected chi connectivity index (χ4v) is 1.76. The third kappa shape index (κ3) is 7.83. The van der Waals surface area contributed by atoms with E-state index in [4.69, 9.17) is 0 Å². The summed E-state index contributed by atoms with van der Waals surface area (Å²) in [5.41, 5.74) is 0.761. The molecule has 0 fully saturated rings. The molecule has 1 aromatic heterocycles. The molecule has 110 valence electrons. The van der Waals surface area contributed by atoms with Crippen molar-refractivity contribution in [2.24, 2.45) is 0 Å². The molecule has 0 unspecified atom stereocenters. The van der Waals surface area contributed by atoms with Crippen LogP contribution in [0.4, 0.5) is 13.2 Å². The maximum absolute atomic E-state index is 11.9. The van der Waals surface area contributed by atoms with Crippen molar-refractivity contribution >= 4 is 23.0 Å². The van der Waals surface area contributed by atoms with Gasteiger partial charge in [0.25, 0.3) is 0 Å². The Hall–Kier alpha value is -1.50. The van der Waals surface area contributed by atoms with Crippen molar-refractivity contribution in [1.29, 1.82) is 0 Å². The summed E-state index contributed by atoms with van der Waals surface area (Å²) in [7, 11) is 0. The Labute approximate surface area is 119 Å². The molecule has 1 aromatic rings. The maximum atomic E-state index is 11.9. The van der Waals surface area contributed by atoms with Gasteiger partial charge in [0.15, 0.2) is 11.7 Å². The van der Waals surface area contributed by atoms with Crippen LogP contribution in [0, 0.1) is 0 Å². The average molecular weight is 305 g/mol. The highest BCUT2D eigenvalue weighted by Crippen LogP contribution is 2.17. The molecule has 0 spiro atoms. The second-order valence-corrected chi connectivity index (χ2v) is 5.14. The van der Waals surface area contributed by atoms with E-state index < -0.39 is 12.8 Å². The second-order valence-electron chi connectivity index (χ2n) is 3.86. The van der Waals surface area contributed by atoms with Gasteiger partial charge in [0.05, 0.1) is 0 Å². The maximum Gasteiger partial charge on any atom is 0.422 e. The average Bonchev–Trinajstić information content (AvgIpc) is 2.36. The van der Waals surface area contributed by atoms with Crippen LogP contribution < -0.4 is 4.74 Å². The van der Waals surface area contributed by atoms with Crippen LogP contribution in [0.5, 0.6) is 5.88 Å². The molecule has 0 N–H and O–H groups in total. The molecule has 7 heteroatoms. The van der Waals surface area contributed by atoms with E-state index >= 15 is 0 Å². The van der Waals surface area contributed by atoms with Gasteiger partial charge in [0.2, 0.25) is 5.88 Å². The molecule has 0 aromatic carbocycles. The van der Waals surface area contributed by atoms with Gasteiger partial charge >= 0.3 is 6.18 Å². The number of hydrogen-bond acceptors (Lipinski definition) is 4. The normalized spacial score (nSPS) is 11.8. The Morgan fingerprint density at radius 2 is 2.20 bits per heavy atom. The Kier molecular flexibility index (Phi) is 6.57. The molecular formula is C13H14F3NO2S. The van der Waals surface area contributed by atoms with E-state index in [0.717, 1.165) is 12.0 Å². The van der Waals surface area contributed by atoms with E-state index in [0.29, 0.717) is 5.75 Å². The zero-order valence-corrected chi connectivity index (χ0v) is 11.6. The monoisotopic (exact) mass is 305 g/mol. The number of aromatic nitrogens is 1. The predicted molar refractivity (Wildman–Crippen MR) is 72.6 cm³/mol. The number of thioether (sulfide) groups is 1. The van der Waals surface area contributed by atoms with Gasteiger partial charge in [-0.2, -0.15) is 13.2 Å². The Morgan fingerprint density at radius 3 is 2.75 bits per heavy atom. The minimum atomic E-state index is -4.37. The van der Waals surface area contributed by atoms with Crippen LogP contribution >= 0.6 is 11.8 Å². The fraction of sp³-hybridized carbons (Fsp3) is 0.385. The number of hydrogen-bond donors (Lipinski definition) is 0. The van der Waals surface area contributed by atoms with E-state index in [1.807, 2.05) is 6.08 Å². The largest absolute Gasteiger partial charge is 0.468 e. The van der Waals surface area contributed by atoms with Crippen molar-refractivity contribution in [1.82, 2.24) is 4.98 Å². The topological polar surface area (TPSA) is 39.2 Å². The minimum absolute atomic E-state index is 0.0633. The van der Waals surface area contributed by atoms with E-state index in [1.54, 1.807) is 12.1 Å². The third-order valence-electron chi connectivity index (χ3n) is 2.04. The molecular weight excluding hydrogens is 291 g/mol. The van der Waals surface area contributed by atoms with Crippen LogP contribution in [0.3, 0.4) is 0 Å². The van der Waals surface area contributed by atoms with E-state index in [1.165, 1.54) is 30.9 Å². The molecule has 1 rings (SSSR count). The van der Waals surface area contributed by atoms with Gasteiger partial charge in [-0.05, 0) is 18.1 Å². The summed E-state index contributed by atoms with van der Waals surface area (Å²) in [5.74, 6) is 0.637. The van der Waals surface area contributed by atoms with Crippen LogP contribution in [-0.4, -0.2) is 28.6 Å². The lowest BCUT2D eigenvalue weighted by Crippen LogP contribution is -2.19. The lowest BCUT2D eigenvalue weighted by molar-refractivity contribution is -0.154. The van der Waals surface area contributed by atoms with E-state index in [2.05, 4.69) is 9.72 Å². The molecule has 0 radical (unpaired) electrons. The highest BCUT2D eigenvalue weighted by atomic mass is 32.2. The molecule has 20 heavy (non-hydrogen) atoms. The minimum Gasteiger partial charge on any atom is -0.468 e. The number of halogens is 3. The van der Waals surface area contributed by atoms with Crippen molar-refractivity contribution in [2.75, 3.05) is 12.4 Å². The zero-order valence-electron chi connectivity index (χ0n) is 10.8. The van der Waals surface area contributed by atoms with Crippen molar-refractivity contribution in [3.8, 4) is 5.88 Å². The number of carbonyl (C=O) groups excluding carboxylic acids is 1. The summed E-state index contributed by atoms with van der Waals surface area (Å²) in [5, 5.41) is 0.0752. The van der Waals surface area contributed by atoms with Crippen LogP contribution in [0.2, 0.25) is 0 Å². The van der Waals surface area contributed by atoms with Gasteiger partial charge < -0.3 is 4.74 Å². The van der Waals surface area contributed by atoms with Crippen LogP contribution in [0.1, 0.15) is 18.9 Å². The highest BCUT2D eigenvalue weighted by Gasteiger charge is 2.28. The van der Waals surface area contributed by atoms with Gasteiger partial charge in [-0.3, -0.25) is 4.79 Å². The molecule has 0 amide bonds. The number of nitrogens with zero attached hydrogens (tertiary/aromatic N) is 1. The quantitative estimate of drug-likeness (QED) is 0.751. The predicted octanol–water partition coefficient (Wildman–Crippen LogP) is 3.71. The molecule has 0 aliphatic carbocycles. The molecule has 1 heterocycles. The van der Waals surface area contributed by atoms with Crippen LogP contribution in [-0.2, 0) is 4.79 Å². The molecule has 0 saturated carbocycles. The first-order valence-corrected chi connectivity index (χ1v) is 6.81. The Morgan fingerprint density at radius 1 is 1.45 bits per heavy atom. The first kappa shape index (κ1) is 16.6. The summed E-state index contributed by atoms with van der Waals surface area (Å²) < 4.78 is 40.3. The highest BCUT2D eigenvalue weighted by molar-refractivity contribution is 8.13. The van der Waals surface area contributed by atoms with Gasteiger partial charge in [0.1, 0.15) is 0 Å². The SMILES string of the molecule is CC(=O)SCCC=Cc1ccc(OCC(F)(F)F)nc1. The molecule has 3 nitrogen and oxygen atoms in total. The number of alkyl halides is 3. The lowest BCUT2D eigenvalue weighted by atomic mass is 10.2. The number of carbonyl (C=O) groups is 1. The molecule has 0 aliphatic rings. The molecule has 0 atom stereocenters. The number of rotatable bonds is 6. The summed E-state index contributed by atoms with van der Waals surface area (Å²) >= 11 is 1.25. The summed E-state index contributed by atoms with van der Waals surface area (Å²) in [6.45, 7) is 0.162. The third-order valence-corrected chi connectivity index (χ3v) is 2.89. The van der Waals surface area contributed by atoms with Gasteiger partial charge in [-0.1, -0.05) is 23.9 Å². The van der Waals surface area contributed by atoms with Crippen molar-refractivity contribution in [3.63, 3.8) is 0 Å². The lowest BCUT2D eigenvalue weighted by Gasteiger charge is -2.07. The molecule has 0 bridgehead atoms. The number of ether oxygens (including phenoxy) is 1. The summed E-state index contributed by atoms with van der Waals surface area (Å²) in [4.78, 5) is 14.5. The van der Waals surface area contributed by atoms with Crippen LogP contribution in [0.15, 0.2) is 24.4 Å².